The molecule has 0 unspecified atom stereocenters. The van der Waals surface area contributed by atoms with Gasteiger partial charge in [-0.05, 0) is 60.2 Å². The molecule has 4 rings (SSSR count). The molecule has 6 nitrogen and oxygen atoms in total. The van der Waals surface area contributed by atoms with E-state index in [0.29, 0.717) is 26.5 Å². The molecule has 4 aromatic rings. The van der Waals surface area contributed by atoms with Crippen LogP contribution >= 0.6 is 22.9 Å². The van der Waals surface area contributed by atoms with Crippen molar-refractivity contribution in [2.75, 3.05) is 5.32 Å². The second kappa shape index (κ2) is 8.53. The molecule has 0 atom stereocenters. The number of aromatic nitrogens is 2. The number of benzene rings is 2. The largest absolute Gasteiger partial charge is 0.332 e. The smallest absolute Gasteiger partial charge is 0.325 e. The van der Waals surface area contributed by atoms with Crippen molar-refractivity contribution < 1.29 is 4.79 Å². The fourth-order valence-electron chi connectivity index (χ4n) is 3.39. The Morgan fingerprint density at radius 2 is 1.81 bits per heavy atom. The molecule has 1 amide bonds. The first-order valence-electron chi connectivity index (χ1n) is 9.66. The fraction of sp³-hybridized carbons (Fsp3) is 0.174. The Morgan fingerprint density at radius 1 is 1.03 bits per heavy atom. The summed E-state index contributed by atoms with van der Waals surface area (Å²) in [5, 5.41) is 5.04. The second-order valence-corrected chi connectivity index (χ2v) is 8.66. The van der Waals surface area contributed by atoms with Crippen LogP contribution in [0.25, 0.3) is 10.2 Å². The van der Waals surface area contributed by atoms with Gasteiger partial charge in [-0.15, -0.1) is 11.3 Å². The molecule has 1 N–H and O–H groups in total. The molecule has 0 bridgehead atoms. The summed E-state index contributed by atoms with van der Waals surface area (Å²) in [5.74, 6) is -0.346. The van der Waals surface area contributed by atoms with Crippen LogP contribution in [0.5, 0.6) is 0 Å². The highest BCUT2D eigenvalue weighted by Gasteiger charge is 2.17. The van der Waals surface area contributed by atoms with Crippen molar-refractivity contribution in [2.24, 2.45) is 0 Å². The first-order valence-corrected chi connectivity index (χ1v) is 10.9. The number of thiophene rings is 1. The van der Waals surface area contributed by atoms with Gasteiger partial charge in [0.15, 0.2) is 0 Å². The molecular formula is C23H20ClN3O3S. The Hall–Kier alpha value is -3.16. The van der Waals surface area contributed by atoms with Gasteiger partial charge in [0.1, 0.15) is 11.2 Å². The number of nitrogens with zero attached hydrogens (tertiary/aromatic N) is 2. The standard InChI is InChI=1S/C23H20ClN3O3S/c1-14-7-8-17(11-15(14)2)25-20(28)13-26-19-9-10-31-21(19)22(29)27(23(26)30)12-16-5-3-4-6-18(16)24/h3-11H,12-13H2,1-2H3,(H,25,28). The highest BCUT2D eigenvalue weighted by Crippen LogP contribution is 2.18. The summed E-state index contributed by atoms with van der Waals surface area (Å²) in [6.07, 6.45) is 0. The predicted octanol–water partition coefficient (Wildman–Crippen LogP) is 4.18. The topological polar surface area (TPSA) is 73.1 Å². The maximum Gasteiger partial charge on any atom is 0.332 e. The molecule has 8 heteroatoms. The van der Waals surface area contributed by atoms with E-state index in [2.05, 4.69) is 5.32 Å². The van der Waals surface area contributed by atoms with Crippen LogP contribution in [-0.4, -0.2) is 15.0 Å². The third-order valence-electron chi connectivity index (χ3n) is 5.22. The van der Waals surface area contributed by atoms with Gasteiger partial charge in [0.05, 0.1) is 12.1 Å². The number of carbonyl (C=O) groups excluding carboxylic acids is 1. The van der Waals surface area contributed by atoms with Crippen LogP contribution in [0, 0.1) is 13.8 Å². The molecule has 0 saturated carbocycles. The van der Waals surface area contributed by atoms with E-state index in [1.165, 1.54) is 15.9 Å². The Labute approximate surface area is 187 Å². The van der Waals surface area contributed by atoms with Gasteiger partial charge in [-0.25, -0.2) is 4.79 Å². The summed E-state index contributed by atoms with van der Waals surface area (Å²) in [4.78, 5) is 38.9. The Morgan fingerprint density at radius 3 is 2.55 bits per heavy atom. The molecule has 2 aromatic heterocycles. The van der Waals surface area contributed by atoms with E-state index in [4.69, 9.17) is 11.6 Å². The number of anilines is 1. The number of nitrogens with one attached hydrogen (secondary N) is 1. The van der Waals surface area contributed by atoms with Crippen molar-refractivity contribution in [1.82, 2.24) is 9.13 Å². The normalized spacial score (nSPS) is 11.1. The van der Waals surface area contributed by atoms with Crippen molar-refractivity contribution in [1.29, 1.82) is 0 Å². The minimum absolute atomic E-state index is 0.0317. The summed E-state index contributed by atoms with van der Waals surface area (Å²) in [5.41, 5.74) is 3.01. The van der Waals surface area contributed by atoms with E-state index < -0.39 is 5.69 Å². The molecule has 0 spiro atoms. The highest BCUT2D eigenvalue weighted by molar-refractivity contribution is 7.17. The van der Waals surface area contributed by atoms with Crippen molar-refractivity contribution in [3.05, 3.63) is 96.5 Å². The molecule has 0 aliphatic heterocycles. The number of hydrogen-bond donors (Lipinski definition) is 1. The Bertz CT molecular complexity index is 1420. The lowest BCUT2D eigenvalue weighted by Crippen LogP contribution is -2.41. The van der Waals surface area contributed by atoms with Crippen LogP contribution in [0.1, 0.15) is 16.7 Å². The third-order valence-corrected chi connectivity index (χ3v) is 6.48. The van der Waals surface area contributed by atoms with Crippen molar-refractivity contribution >= 4 is 44.7 Å². The molecule has 0 radical (unpaired) electrons. The lowest BCUT2D eigenvalue weighted by Gasteiger charge is -2.13. The van der Waals surface area contributed by atoms with Gasteiger partial charge in [0.2, 0.25) is 5.91 Å². The average Bonchev–Trinajstić information content (AvgIpc) is 3.22. The molecule has 0 aliphatic rings. The van der Waals surface area contributed by atoms with Crippen LogP contribution in [-0.2, 0) is 17.9 Å². The van der Waals surface area contributed by atoms with Crippen molar-refractivity contribution in [3.63, 3.8) is 0 Å². The van der Waals surface area contributed by atoms with E-state index in [1.807, 2.05) is 32.0 Å². The van der Waals surface area contributed by atoms with Gasteiger partial charge in [-0.3, -0.25) is 18.7 Å². The maximum atomic E-state index is 13.2. The van der Waals surface area contributed by atoms with Gasteiger partial charge in [-0.1, -0.05) is 35.9 Å². The zero-order chi connectivity index (χ0) is 22.1. The Kier molecular flexibility index (Phi) is 5.80. The molecule has 0 fully saturated rings. The van der Waals surface area contributed by atoms with Crippen LogP contribution in [0.2, 0.25) is 5.02 Å². The number of hydrogen-bond acceptors (Lipinski definition) is 4. The molecule has 2 aromatic carbocycles. The van der Waals surface area contributed by atoms with E-state index in [0.717, 1.165) is 15.7 Å². The van der Waals surface area contributed by atoms with Crippen molar-refractivity contribution in [3.8, 4) is 0 Å². The van der Waals surface area contributed by atoms with E-state index in [9.17, 15) is 14.4 Å². The molecule has 2 heterocycles. The number of amides is 1. The highest BCUT2D eigenvalue weighted by atomic mass is 35.5. The van der Waals surface area contributed by atoms with Gasteiger partial charge >= 0.3 is 5.69 Å². The molecule has 158 valence electrons. The number of rotatable bonds is 5. The molecular weight excluding hydrogens is 434 g/mol. The summed E-state index contributed by atoms with van der Waals surface area (Å²) in [6.45, 7) is 3.79. The Balaban J connectivity index is 1.72. The van der Waals surface area contributed by atoms with E-state index >= 15 is 0 Å². The van der Waals surface area contributed by atoms with Crippen LogP contribution in [0.15, 0.2) is 63.5 Å². The SMILES string of the molecule is Cc1ccc(NC(=O)Cn2c(=O)n(Cc3ccccc3Cl)c(=O)c3sccc32)cc1C. The van der Waals surface area contributed by atoms with Gasteiger partial charge in [0, 0.05) is 10.7 Å². The van der Waals surface area contributed by atoms with E-state index in [-0.39, 0.29) is 24.6 Å². The minimum Gasteiger partial charge on any atom is -0.325 e. The van der Waals surface area contributed by atoms with Gasteiger partial charge in [-0.2, -0.15) is 0 Å². The minimum atomic E-state index is -0.550. The van der Waals surface area contributed by atoms with Gasteiger partial charge in [0.25, 0.3) is 5.56 Å². The van der Waals surface area contributed by atoms with Crippen LogP contribution in [0.4, 0.5) is 5.69 Å². The monoisotopic (exact) mass is 453 g/mol. The third kappa shape index (κ3) is 4.19. The number of aryl methyl sites for hydroxylation is 2. The summed E-state index contributed by atoms with van der Waals surface area (Å²) in [6, 6.07) is 14.4. The molecule has 0 saturated heterocycles. The lowest BCUT2D eigenvalue weighted by atomic mass is 10.1. The van der Waals surface area contributed by atoms with Crippen LogP contribution < -0.4 is 16.6 Å². The summed E-state index contributed by atoms with van der Waals surface area (Å²) < 4.78 is 2.88. The van der Waals surface area contributed by atoms with Gasteiger partial charge < -0.3 is 5.32 Å². The first-order chi connectivity index (χ1) is 14.8. The average molecular weight is 454 g/mol. The first kappa shape index (κ1) is 21.1. The number of fused-ring (bicyclic) bond motifs is 1. The van der Waals surface area contributed by atoms with Crippen LogP contribution in [0.3, 0.4) is 0 Å². The predicted molar refractivity (Wildman–Crippen MR) is 125 cm³/mol. The van der Waals surface area contributed by atoms with E-state index in [1.54, 1.807) is 35.7 Å². The zero-order valence-electron chi connectivity index (χ0n) is 17.0. The maximum absolute atomic E-state index is 13.2. The summed E-state index contributed by atoms with van der Waals surface area (Å²) in [7, 11) is 0. The quantitative estimate of drug-likeness (QED) is 0.492. The molecule has 31 heavy (non-hydrogen) atoms. The number of halogens is 1. The van der Waals surface area contributed by atoms with Crippen molar-refractivity contribution in [2.45, 2.75) is 26.9 Å². The molecule has 0 aliphatic carbocycles. The fourth-order valence-corrected chi connectivity index (χ4v) is 4.42. The lowest BCUT2D eigenvalue weighted by molar-refractivity contribution is -0.116. The number of carbonyl (C=O) groups is 1. The summed E-state index contributed by atoms with van der Waals surface area (Å²) >= 11 is 7.47. The zero-order valence-corrected chi connectivity index (χ0v) is 18.6. The second-order valence-electron chi connectivity index (χ2n) is 7.33.